The van der Waals surface area contributed by atoms with Crippen LogP contribution in [0.1, 0.15) is 118 Å². The van der Waals surface area contributed by atoms with Crippen LogP contribution in [0.15, 0.2) is 83.4 Å². The second kappa shape index (κ2) is 19.0. The van der Waals surface area contributed by atoms with E-state index in [9.17, 15) is 15.0 Å². The van der Waals surface area contributed by atoms with Crippen molar-refractivity contribution < 1.29 is 38.7 Å². The van der Waals surface area contributed by atoms with Crippen LogP contribution in [0.25, 0.3) is 0 Å². The second-order valence-electron chi connectivity index (χ2n) is 18.2. The fraction of sp³-hybridized carbons (Fsp3) is 0.660. The third-order valence-corrected chi connectivity index (χ3v) is 13.5. The number of aliphatic hydroxyl groups is 2. The Balaban J connectivity index is 1.04. The van der Waals surface area contributed by atoms with Crippen LogP contribution in [-0.2, 0) is 35.0 Å². The van der Waals surface area contributed by atoms with Crippen molar-refractivity contribution in [2.45, 2.75) is 190 Å². The predicted molar refractivity (Wildman–Crippen MR) is 226 cm³/mol. The van der Waals surface area contributed by atoms with Crippen LogP contribution in [0.2, 0.25) is 0 Å². The lowest BCUT2D eigenvalue weighted by atomic mass is 9.79. The van der Waals surface area contributed by atoms with Crippen molar-refractivity contribution in [1.29, 1.82) is 0 Å². The highest BCUT2D eigenvalue weighted by molar-refractivity contribution is 6.02. The average molecular weight is 804 g/mol. The van der Waals surface area contributed by atoms with E-state index >= 15 is 0 Å². The number of allylic oxidation sites excluding steroid dienone is 6. The molecule has 5 saturated heterocycles. The Kier molecular flexibility index (Phi) is 14.6. The topological polar surface area (TPSA) is 154 Å². The number of rotatable bonds is 11. The Labute approximate surface area is 346 Å². The molecule has 0 spiro atoms. The van der Waals surface area contributed by atoms with Gasteiger partial charge in [0.05, 0.1) is 72.2 Å². The molecule has 0 aliphatic carbocycles. The van der Waals surface area contributed by atoms with Crippen molar-refractivity contribution >= 4 is 11.9 Å². The predicted octanol–water partition coefficient (Wildman–Crippen LogP) is 6.91. The maximum Gasteiger partial charge on any atom is 0.250 e. The number of carbonyl (C=O) groups is 1. The zero-order valence-corrected chi connectivity index (χ0v) is 35.6. The van der Waals surface area contributed by atoms with Gasteiger partial charge < -0.3 is 39.6 Å². The minimum atomic E-state index is -0.943. The van der Waals surface area contributed by atoms with Gasteiger partial charge in [0.25, 0.3) is 5.91 Å². The number of nitrogens with two attached hydrogens (primary N) is 1. The van der Waals surface area contributed by atoms with Gasteiger partial charge >= 0.3 is 0 Å². The lowest BCUT2D eigenvalue weighted by Gasteiger charge is -2.49. The van der Waals surface area contributed by atoms with E-state index in [0.29, 0.717) is 32.2 Å². The number of fused-ring (bicyclic) bond motifs is 4. The van der Waals surface area contributed by atoms with E-state index in [4.69, 9.17) is 29.4 Å². The number of carbonyl (C=O) groups excluding carboxylic acids is 1. The van der Waals surface area contributed by atoms with E-state index in [1.54, 1.807) is 12.2 Å². The molecular weight excluding hydrogens is 735 g/mol. The van der Waals surface area contributed by atoms with Gasteiger partial charge in [0.2, 0.25) is 0 Å². The van der Waals surface area contributed by atoms with E-state index in [0.717, 1.165) is 61.7 Å². The second-order valence-corrected chi connectivity index (χ2v) is 18.2. The first kappa shape index (κ1) is 44.4. The number of hydrogen-bond donors (Lipinski definition) is 4. The summed E-state index contributed by atoms with van der Waals surface area (Å²) in [5.41, 5.74) is 6.59. The van der Waals surface area contributed by atoms with E-state index < -0.39 is 29.0 Å². The van der Waals surface area contributed by atoms with Crippen molar-refractivity contribution in [3.05, 3.63) is 84.0 Å². The molecule has 12 unspecified atom stereocenters. The standard InChI is InChI=1S/C47H69N3O8/c1-8-9-10-14-20-39-45(5,53)23-21-36-37(54-39)22-24-46(6)41(55-36)27-38-43(58-46)34(51)28-47(7)40(56-38)25-32(4)35(57-47)19-15-16-30(2)31(3)26-42(52)50-44(48)49-29-33-17-12-11-13-18-33/h8-13,16-18,26,32,34-41,43,51,53H,1,14-15,19-25,27-29H2,2-7H3,(H3,48,49,50,52)/b10-9-,30-16+,31-26+/t32?,34?,35?,36?,37?,38?,39?,40?,41?,43?,45?,46-,47?/m0/s1. The Hall–Kier alpha value is -3.16. The highest BCUT2D eigenvalue weighted by Crippen LogP contribution is 2.49. The minimum absolute atomic E-state index is 0.0199. The van der Waals surface area contributed by atoms with E-state index in [1.807, 2.05) is 57.2 Å². The monoisotopic (exact) mass is 804 g/mol. The Bertz CT molecular complexity index is 1690. The Morgan fingerprint density at radius 1 is 0.948 bits per heavy atom. The van der Waals surface area contributed by atoms with Crippen molar-refractivity contribution in [2.75, 3.05) is 0 Å². The van der Waals surface area contributed by atoms with E-state index in [-0.39, 0.29) is 60.5 Å². The zero-order chi connectivity index (χ0) is 41.7. The largest absolute Gasteiger partial charge is 0.390 e. The van der Waals surface area contributed by atoms with Gasteiger partial charge in [0.1, 0.15) is 6.10 Å². The third-order valence-electron chi connectivity index (χ3n) is 13.5. The summed E-state index contributed by atoms with van der Waals surface area (Å²) in [7, 11) is 0. The molecule has 5 fully saturated rings. The molecule has 58 heavy (non-hydrogen) atoms. The number of aliphatic imine (C=N–C) groups is 1. The maximum absolute atomic E-state index is 12.7. The van der Waals surface area contributed by atoms with Crippen LogP contribution in [0, 0.1) is 5.92 Å². The van der Waals surface area contributed by atoms with Gasteiger partial charge in [0.15, 0.2) is 5.96 Å². The maximum atomic E-state index is 12.7. The molecule has 5 N–H and O–H groups in total. The molecule has 0 bridgehead atoms. The molecule has 6 rings (SSSR count). The van der Waals surface area contributed by atoms with Crippen molar-refractivity contribution in [3.63, 3.8) is 0 Å². The molecule has 1 amide bonds. The molecule has 11 heteroatoms. The van der Waals surface area contributed by atoms with Crippen LogP contribution in [0.4, 0.5) is 0 Å². The van der Waals surface area contributed by atoms with Gasteiger partial charge in [-0.1, -0.05) is 73.7 Å². The van der Waals surface area contributed by atoms with Crippen LogP contribution >= 0.6 is 0 Å². The fourth-order valence-electron chi connectivity index (χ4n) is 9.67. The molecule has 5 heterocycles. The average Bonchev–Trinajstić information content (AvgIpc) is 3.44. The number of amides is 1. The molecule has 11 nitrogen and oxygen atoms in total. The zero-order valence-electron chi connectivity index (χ0n) is 35.6. The number of benzene rings is 1. The number of nitrogens with zero attached hydrogens (tertiary/aromatic N) is 1. The molecule has 320 valence electrons. The SMILES string of the molecule is C=C/C=C\CCC1OC2CC[C@]3(C)OC4C(O)CC5(C)OC(CC/C=C(C)/C(C)=C/C(=O)NC(N)=NCc6ccccc6)C(C)CC5OC4CC3OC2CCC1(C)O. The van der Waals surface area contributed by atoms with Gasteiger partial charge in [-0.05, 0) is 109 Å². The normalized spacial score (nSPS) is 39.9. The number of aliphatic hydroxyl groups excluding tert-OH is 1. The van der Waals surface area contributed by atoms with Gasteiger partial charge in [-0.2, -0.15) is 0 Å². The van der Waals surface area contributed by atoms with Crippen LogP contribution < -0.4 is 11.1 Å². The summed E-state index contributed by atoms with van der Waals surface area (Å²) in [6.07, 6.45) is 14.5. The van der Waals surface area contributed by atoms with Gasteiger partial charge in [-0.25, -0.2) is 4.99 Å². The molecule has 0 saturated carbocycles. The fourth-order valence-corrected chi connectivity index (χ4v) is 9.67. The van der Waals surface area contributed by atoms with Crippen LogP contribution in [-0.4, -0.2) is 93.8 Å². The summed E-state index contributed by atoms with van der Waals surface area (Å²) in [6.45, 7) is 16.4. The lowest BCUT2D eigenvalue weighted by molar-refractivity contribution is -0.273. The summed E-state index contributed by atoms with van der Waals surface area (Å²) in [6, 6.07) is 9.74. The van der Waals surface area contributed by atoms with E-state index in [2.05, 4.69) is 49.8 Å². The first-order valence-electron chi connectivity index (χ1n) is 21.6. The van der Waals surface area contributed by atoms with Crippen molar-refractivity contribution in [2.24, 2.45) is 16.6 Å². The molecule has 0 radical (unpaired) electrons. The first-order chi connectivity index (χ1) is 27.6. The van der Waals surface area contributed by atoms with Crippen LogP contribution in [0.3, 0.4) is 0 Å². The number of nitrogens with one attached hydrogen (secondary N) is 1. The first-order valence-corrected chi connectivity index (χ1v) is 21.6. The van der Waals surface area contributed by atoms with Gasteiger partial charge in [-0.3, -0.25) is 10.1 Å². The number of guanidine groups is 1. The van der Waals surface area contributed by atoms with Crippen molar-refractivity contribution in [1.82, 2.24) is 5.32 Å². The smallest absolute Gasteiger partial charge is 0.250 e. The molecule has 1 aromatic carbocycles. The van der Waals surface area contributed by atoms with Gasteiger partial charge in [-0.15, -0.1) is 0 Å². The molecule has 5 aliphatic rings. The molecular formula is C47H69N3O8. The summed E-state index contributed by atoms with van der Waals surface area (Å²) < 4.78 is 34.4. The Morgan fingerprint density at radius 2 is 1.66 bits per heavy atom. The number of hydrogen-bond acceptors (Lipinski definition) is 9. The summed E-state index contributed by atoms with van der Waals surface area (Å²) in [4.78, 5) is 16.9. The van der Waals surface area contributed by atoms with Crippen molar-refractivity contribution in [3.8, 4) is 0 Å². The highest BCUT2D eigenvalue weighted by Gasteiger charge is 2.58. The van der Waals surface area contributed by atoms with E-state index in [1.165, 1.54) is 0 Å². The van der Waals surface area contributed by atoms with Gasteiger partial charge in [0, 0.05) is 18.9 Å². The molecule has 13 atom stereocenters. The Morgan fingerprint density at radius 3 is 2.41 bits per heavy atom. The summed E-state index contributed by atoms with van der Waals surface area (Å²) >= 11 is 0. The van der Waals surface area contributed by atoms with Crippen LogP contribution in [0.5, 0.6) is 0 Å². The highest BCUT2D eigenvalue weighted by atomic mass is 16.6. The minimum Gasteiger partial charge on any atom is -0.390 e. The third kappa shape index (κ3) is 10.8. The molecule has 1 aromatic rings. The number of ether oxygens (including phenoxy) is 5. The summed E-state index contributed by atoms with van der Waals surface area (Å²) in [5.74, 6) is 0.00626. The lowest BCUT2D eigenvalue weighted by Crippen LogP contribution is -2.59. The molecule has 0 aromatic heterocycles. The quantitative estimate of drug-likeness (QED) is 0.0809. The molecule has 5 aliphatic heterocycles. The summed E-state index contributed by atoms with van der Waals surface area (Å²) in [5, 5.41) is 25.9.